The molecule has 248 valence electrons. The van der Waals surface area contributed by atoms with Crippen molar-refractivity contribution in [2.24, 2.45) is 5.92 Å². The molecule has 11 atom stereocenters. The number of imidazole rings is 1. The Bertz CT molecular complexity index is 1390. The summed E-state index contributed by atoms with van der Waals surface area (Å²) in [6.07, 6.45) is -9.24. The number of carbonyl (C=O) groups excluding carboxylic acids is 1. The van der Waals surface area contributed by atoms with Gasteiger partial charge in [-0.25, -0.2) is 21.5 Å². The van der Waals surface area contributed by atoms with E-state index in [-0.39, 0.29) is 30.1 Å². The number of aliphatic hydroxyl groups is 7. The molecule has 0 aliphatic carbocycles. The number of nitrogens with zero attached hydrogens (tertiary/aromatic N) is 7. The predicted octanol–water partition coefficient (Wildman–Crippen LogP) is -4.00. The van der Waals surface area contributed by atoms with Crippen molar-refractivity contribution in [3.05, 3.63) is 24.1 Å². The van der Waals surface area contributed by atoms with Gasteiger partial charge in [0.15, 0.2) is 29.0 Å². The number of carbonyl (C=O) groups is 1. The third-order valence-corrected chi connectivity index (χ3v) is 9.08. The number of amides is 1. The standard InChI is InChI=1S/C27H39N7O11/c1-13-4-5-33(17(38)6-28-2)7-14(13)32(3)24-18-25(30-11-29-24)34(12-31-18)27(10-37)23(42)22(16(9-36)45-27)44-26-21(41)20(40)19(39)15(8-35)43-26/h11-16,19-23,26,35-37,39-42H,4-10H2,1,3H3/t13-,14+,15?,16-,19+,20-,21?,22?,23-,26+,27?/m1/s1. The molecule has 7 N–H and O–H groups in total. The normalized spacial score (nSPS) is 37.1. The van der Waals surface area contributed by atoms with E-state index in [1.165, 1.54) is 17.2 Å². The number of anilines is 1. The molecule has 2 aromatic rings. The number of aliphatic hydroxyl groups excluding tert-OH is 7. The smallest absolute Gasteiger partial charge is 0.302 e. The molecule has 2 aromatic heterocycles. The summed E-state index contributed by atoms with van der Waals surface area (Å²) in [6.45, 7) is 7.55. The predicted molar refractivity (Wildman–Crippen MR) is 151 cm³/mol. The largest absolute Gasteiger partial charge is 0.394 e. The number of likely N-dealkylation sites (tertiary alicyclic amines) is 1. The Labute approximate surface area is 257 Å². The molecule has 18 heteroatoms. The van der Waals surface area contributed by atoms with Gasteiger partial charge in [0, 0.05) is 20.1 Å². The van der Waals surface area contributed by atoms with Crippen LogP contribution in [0.25, 0.3) is 16.0 Å². The molecule has 3 aliphatic heterocycles. The number of likely N-dealkylation sites (N-methyl/N-ethyl adjacent to an activating group) is 1. The van der Waals surface area contributed by atoms with Gasteiger partial charge in [-0.3, -0.25) is 9.36 Å². The molecule has 0 saturated carbocycles. The summed E-state index contributed by atoms with van der Waals surface area (Å²) in [6, 6.07) is -0.174. The van der Waals surface area contributed by atoms with E-state index < -0.39 is 74.6 Å². The first-order chi connectivity index (χ1) is 21.5. The number of hydrogen-bond donors (Lipinski definition) is 7. The third kappa shape index (κ3) is 5.74. The molecule has 0 aromatic carbocycles. The van der Waals surface area contributed by atoms with Crippen molar-refractivity contribution < 1.29 is 54.8 Å². The lowest BCUT2D eigenvalue weighted by molar-refractivity contribution is -0.318. The molecular formula is C27H39N7O11. The summed E-state index contributed by atoms with van der Waals surface area (Å²) in [5, 5.41) is 72.6. The lowest BCUT2D eigenvalue weighted by Crippen LogP contribution is -2.60. The average molecular weight is 638 g/mol. The van der Waals surface area contributed by atoms with E-state index in [0.29, 0.717) is 30.8 Å². The van der Waals surface area contributed by atoms with Crippen LogP contribution in [0.5, 0.6) is 0 Å². The Kier molecular flexibility index (Phi) is 9.86. The van der Waals surface area contributed by atoms with Crippen molar-refractivity contribution in [1.82, 2.24) is 24.4 Å². The summed E-state index contributed by atoms with van der Waals surface area (Å²) >= 11 is 0. The van der Waals surface area contributed by atoms with Gasteiger partial charge < -0.3 is 64.6 Å². The molecule has 45 heavy (non-hydrogen) atoms. The molecule has 0 spiro atoms. The van der Waals surface area contributed by atoms with Crippen molar-refractivity contribution in [1.29, 1.82) is 0 Å². The van der Waals surface area contributed by atoms with Crippen molar-refractivity contribution in [2.45, 2.75) is 74.1 Å². The molecule has 0 bridgehead atoms. The fourth-order valence-corrected chi connectivity index (χ4v) is 6.36. The molecule has 18 nitrogen and oxygen atoms in total. The zero-order chi connectivity index (χ0) is 32.6. The number of fused-ring (bicyclic) bond motifs is 1. The van der Waals surface area contributed by atoms with E-state index in [9.17, 15) is 40.5 Å². The van der Waals surface area contributed by atoms with Crippen molar-refractivity contribution in [3.63, 3.8) is 0 Å². The maximum absolute atomic E-state index is 12.5. The Hall–Kier alpha value is -3.09. The van der Waals surface area contributed by atoms with Gasteiger partial charge >= 0.3 is 5.91 Å². The SMILES string of the molecule is [C-]#[N+]CC(=O)N1CC[C@@H](C)[C@@H](N(C)c2ncnc3c2ncn3C2(CO)O[C@H](CO)C(O[C@@H]3OC(CO)[C@H](O)[C@@H](O)C3O)[C@H]2O)C1. The minimum atomic E-state index is -1.99. The van der Waals surface area contributed by atoms with Crippen molar-refractivity contribution >= 4 is 22.9 Å². The second kappa shape index (κ2) is 13.3. The van der Waals surface area contributed by atoms with Crippen molar-refractivity contribution in [3.8, 4) is 0 Å². The number of aromatic nitrogens is 4. The van der Waals surface area contributed by atoms with E-state index in [1.807, 2.05) is 4.90 Å². The van der Waals surface area contributed by atoms with Gasteiger partial charge in [-0.2, -0.15) is 0 Å². The van der Waals surface area contributed by atoms with Crippen LogP contribution in [0.1, 0.15) is 13.3 Å². The maximum atomic E-state index is 12.5. The highest BCUT2D eigenvalue weighted by Gasteiger charge is 2.59. The second-order valence-corrected chi connectivity index (χ2v) is 11.7. The van der Waals surface area contributed by atoms with Gasteiger partial charge in [-0.05, 0) is 12.3 Å². The van der Waals surface area contributed by atoms with Gasteiger partial charge in [0.2, 0.25) is 0 Å². The minimum Gasteiger partial charge on any atom is -0.394 e. The summed E-state index contributed by atoms with van der Waals surface area (Å²) in [5.74, 6) is 0.320. The summed E-state index contributed by atoms with van der Waals surface area (Å²) in [5.41, 5.74) is -1.54. The van der Waals surface area contributed by atoms with E-state index >= 15 is 0 Å². The monoisotopic (exact) mass is 637 g/mol. The highest BCUT2D eigenvalue weighted by atomic mass is 16.7. The lowest BCUT2D eigenvalue weighted by Gasteiger charge is -2.41. The molecule has 0 radical (unpaired) electrons. The third-order valence-electron chi connectivity index (χ3n) is 9.08. The van der Waals surface area contributed by atoms with E-state index in [4.69, 9.17) is 20.8 Å². The Morgan fingerprint density at radius 3 is 2.53 bits per heavy atom. The summed E-state index contributed by atoms with van der Waals surface area (Å²) in [7, 11) is 1.81. The quantitative estimate of drug-likeness (QED) is 0.130. The van der Waals surface area contributed by atoms with E-state index in [1.54, 1.807) is 11.9 Å². The molecule has 1 amide bonds. The van der Waals surface area contributed by atoms with Crippen LogP contribution >= 0.6 is 0 Å². The number of hydrogen-bond acceptors (Lipinski definition) is 15. The Morgan fingerprint density at radius 1 is 1.13 bits per heavy atom. The lowest BCUT2D eigenvalue weighted by atomic mass is 9.92. The zero-order valence-corrected chi connectivity index (χ0v) is 24.8. The van der Waals surface area contributed by atoms with Crippen LogP contribution in [0.2, 0.25) is 0 Å². The fourth-order valence-electron chi connectivity index (χ4n) is 6.36. The Morgan fingerprint density at radius 2 is 1.87 bits per heavy atom. The first-order valence-corrected chi connectivity index (χ1v) is 14.6. The van der Waals surface area contributed by atoms with Crippen LogP contribution in [0.15, 0.2) is 12.7 Å². The second-order valence-electron chi connectivity index (χ2n) is 11.7. The van der Waals surface area contributed by atoms with Crippen LogP contribution in [-0.4, -0.2) is 168 Å². The molecule has 5 heterocycles. The van der Waals surface area contributed by atoms with Gasteiger partial charge in [0.25, 0.3) is 6.54 Å². The number of ether oxygens (including phenoxy) is 3. The first kappa shape index (κ1) is 33.3. The molecule has 3 aliphatic rings. The number of piperidine rings is 1. The van der Waals surface area contributed by atoms with Crippen LogP contribution < -0.4 is 4.90 Å². The maximum Gasteiger partial charge on any atom is 0.302 e. The Balaban J connectivity index is 1.44. The minimum absolute atomic E-state index is 0.161. The number of rotatable bonds is 9. The van der Waals surface area contributed by atoms with Gasteiger partial charge in [0.05, 0.1) is 32.2 Å². The summed E-state index contributed by atoms with van der Waals surface area (Å²) < 4.78 is 18.5. The van der Waals surface area contributed by atoms with Crippen LogP contribution in [-0.2, 0) is 24.7 Å². The van der Waals surface area contributed by atoms with Crippen LogP contribution in [0.3, 0.4) is 0 Å². The highest BCUT2D eigenvalue weighted by Crippen LogP contribution is 2.41. The van der Waals surface area contributed by atoms with E-state index in [2.05, 4.69) is 26.7 Å². The molecule has 3 fully saturated rings. The van der Waals surface area contributed by atoms with Crippen LogP contribution in [0, 0.1) is 12.5 Å². The average Bonchev–Trinajstić information content (AvgIpc) is 3.60. The zero-order valence-electron chi connectivity index (χ0n) is 24.8. The van der Waals surface area contributed by atoms with Crippen molar-refractivity contribution in [2.75, 3.05) is 51.4 Å². The van der Waals surface area contributed by atoms with Gasteiger partial charge in [-0.1, -0.05) is 6.92 Å². The summed E-state index contributed by atoms with van der Waals surface area (Å²) in [4.78, 5) is 32.5. The first-order valence-electron chi connectivity index (χ1n) is 14.6. The highest BCUT2D eigenvalue weighted by molar-refractivity contribution is 5.84. The topological polar surface area (TPSA) is 241 Å². The molecule has 4 unspecified atom stereocenters. The molecule has 3 saturated heterocycles. The van der Waals surface area contributed by atoms with E-state index in [0.717, 1.165) is 0 Å². The molecule has 5 rings (SSSR count). The van der Waals surface area contributed by atoms with Gasteiger partial charge in [0.1, 0.15) is 49.1 Å². The molecular weight excluding hydrogens is 598 g/mol. The van der Waals surface area contributed by atoms with Crippen LogP contribution in [0.4, 0.5) is 5.82 Å². The van der Waals surface area contributed by atoms with Gasteiger partial charge in [-0.15, -0.1) is 0 Å². The fraction of sp³-hybridized carbons (Fsp3) is 0.741.